The predicted molar refractivity (Wildman–Crippen MR) is 99.0 cm³/mol. The summed E-state index contributed by atoms with van der Waals surface area (Å²) in [6, 6.07) is 6.06. The lowest BCUT2D eigenvalue weighted by Crippen LogP contribution is -2.36. The molecule has 0 unspecified atom stereocenters. The number of nitrogens with zero attached hydrogens (tertiary/aromatic N) is 2. The second kappa shape index (κ2) is 7.40. The zero-order valence-corrected chi connectivity index (χ0v) is 17.0. The van der Waals surface area contributed by atoms with E-state index in [-0.39, 0.29) is 21.5 Å². The Hall–Kier alpha value is -1.87. The van der Waals surface area contributed by atoms with Gasteiger partial charge in [-0.3, -0.25) is 0 Å². The van der Waals surface area contributed by atoms with Gasteiger partial charge in [-0.05, 0) is 57.2 Å². The maximum atomic E-state index is 13.0. The van der Waals surface area contributed by atoms with Crippen LogP contribution in [0, 0.1) is 11.2 Å². The summed E-state index contributed by atoms with van der Waals surface area (Å²) in [5, 5.41) is 9.39. The number of halogens is 2. The fourth-order valence-electron chi connectivity index (χ4n) is 2.44. The summed E-state index contributed by atoms with van der Waals surface area (Å²) in [5.41, 5.74) is 0.285. The summed E-state index contributed by atoms with van der Waals surface area (Å²) in [6.07, 6.45) is 0.284. The van der Waals surface area contributed by atoms with Gasteiger partial charge in [0.15, 0.2) is 0 Å². The highest BCUT2D eigenvalue weighted by Crippen LogP contribution is 2.25. The lowest BCUT2D eigenvalue weighted by atomic mass is 9.96. The van der Waals surface area contributed by atoms with Crippen molar-refractivity contribution in [3.05, 3.63) is 52.5 Å². The van der Waals surface area contributed by atoms with E-state index in [0.29, 0.717) is 12.1 Å². The van der Waals surface area contributed by atoms with Gasteiger partial charge in [0, 0.05) is 12.7 Å². The van der Waals surface area contributed by atoms with Crippen molar-refractivity contribution in [1.82, 2.24) is 8.87 Å². The molecule has 1 N–H and O–H groups in total. The van der Waals surface area contributed by atoms with Gasteiger partial charge in [-0.1, -0.05) is 20.8 Å². The van der Waals surface area contributed by atoms with Crippen LogP contribution in [0.25, 0.3) is 0 Å². The van der Waals surface area contributed by atoms with Crippen LogP contribution < -0.4 is 0 Å². The smallest absolute Gasteiger partial charge is 0.407 e. The molecule has 0 saturated carbocycles. The molecule has 26 heavy (non-hydrogen) atoms. The normalized spacial score (nSPS) is 12.2. The summed E-state index contributed by atoms with van der Waals surface area (Å²) in [7, 11) is -3.92. The Balaban J connectivity index is 2.33. The topological polar surface area (TPSA) is 79.6 Å². The quantitative estimate of drug-likeness (QED) is 0.747. The lowest BCUT2D eigenvalue weighted by molar-refractivity contribution is 0.123. The fourth-order valence-corrected chi connectivity index (χ4v) is 4.67. The molecule has 0 aliphatic rings. The van der Waals surface area contributed by atoms with E-state index >= 15 is 0 Å². The van der Waals surface area contributed by atoms with Gasteiger partial charge in [0.2, 0.25) is 0 Å². The Kier molecular flexibility index (Phi) is 5.82. The van der Waals surface area contributed by atoms with E-state index in [4.69, 9.17) is 0 Å². The molecule has 2 aromatic rings. The van der Waals surface area contributed by atoms with Crippen LogP contribution >= 0.6 is 15.9 Å². The standard InChI is InChI=1S/C17H20BrFN2O4S/c1-17(2,3)11-20(16(22)23)9-12-8-15(18)21(10-12)26(24,25)14-6-4-13(19)5-7-14/h4-8,10H,9,11H2,1-3H3,(H,22,23). The molecule has 1 aromatic heterocycles. The molecule has 0 radical (unpaired) electrons. The molecule has 0 aliphatic heterocycles. The molecular formula is C17H20BrFN2O4S. The summed E-state index contributed by atoms with van der Waals surface area (Å²) < 4.78 is 39.7. The fraction of sp³-hybridized carbons (Fsp3) is 0.353. The van der Waals surface area contributed by atoms with E-state index in [2.05, 4.69) is 15.9 Å². The third kappa shape index (κ3) is 4.85. The Morgan fingerprint density at radius 2 is 1.85 bits per heavy atom. The summed E-state index contributed by atoms with van der Waals surface area (Å²) >= 11 is 3.20. The van der Waals surface area contributed by atoms with Gasteiger partial charge in [-0.25, -0.2) is 21.6 Å². The number of rotatable bonds is 5. The van der Waals surface area contributed by atoms with E-state index in [1.165, 1.54) is 23.2 Å². The number of carbonyl (C=O) groups is 1. The Morgan fingerprint density at radius 1 is 1.27 bits per heavy atom. The minimum absolute atomic E-state index is 0.0527. The largest absolute Gasteiger partial charge is 0.465 e. The summed E-state index contributed by atoms with van der Waals surface area (Å²) in [4.78, 5) is 12.6. The molecule has 1 aromatic carbocycles. The zero-order chi connectivity index (χ0) is 19.7. The van der Waals surface area contributed by atoms with Crippen LogP contribution in [-0.4, -0.2) is 35.0 Å². The number of hydrogen-bond acceptors (Lipinski definition) is 3. The Morgan fingerprint density at radius 3 is 2.35 bits per heavy atom. The third-order valence-corrected chi connectivity index (χ3v) is 6.01. The van der Waals surface area contributed by atoms with Gasteiger partial charge < -0.3 is 10.0 Å². The van der Waals surface area contributed by atoms with Crippen molar-refractivity contribution < 1.29 is 22.7 Å². The van der Waals surface area contributed by atoms with E-state index in [1.807, 2.05) is 20.8 Å². The van der Waals surface area contributed by atoms with Gasteiger partial charge in [-0.15, -0.1) is 0 Å². The van der Waals surface area contributed by atoms with Gasteiger partial charge in [0.25, 0.3) is 10.0 Å². The first kappa shape index (κ1) is 20.4. The van der Waals surface area contributed by atoms with Crippen molar-refractivity contribution in [3.63, 3.8) is 0 Å². The number of carboxylic acid groups (broad SMARTS) is 1. The highest BCUT2D eigenvalue weighted by atomic mass is 79.9. The molecule has 1 heterocycles. The molecule has 0 spiro atoms. The molecule has 1 amide bonds. The Labute approximate surface area is 160 Å². The van der Waals surface area contributed by atoms with Crippen molar-refractivity contribution in [2.75, 3.05) is 6.54 Å². The molecule has 0 atom stereocenters. The molecule has 142 valence electrons. The van der Waals surface area contributed by atoms with Gasteiger partial charge in [-0.2, -0.15) is 0 Å². The second-order valence-corrected chi connectivity index (χ2v) is 9.75. The minimum atomic E-state index is -3.92. The van der Waals surface area contributed by atoms with E-state index in [9.17, 15) is 22.7 Å². The monoisotopic (exact) mass is 446 g/mol. The highest BCUT2D eigenvalue weighted by molar-refractivity contribution is 9.10. The van der Waals surface area contributed by atoms with Crippen LogP contribution in [0.3, 0.4) is 0 Å². The number of amides is 1. The number of aromatic nitrogens is 1. The molecule has 2 rings (SSSR count). The molecule has 6 nitrogen and oxygen atoms in total. The van der Waals surface area contributed by atoms with Crippen LogP contribution in [-0.2, 0) is 16.6 Å². The van der Waals surface area contributed by atoms with Crippen molar-refractivity contribution in [1.29, 1.82) is 0 Å². The third-order valence-electron chi connectivity index (χ3n) is 3.48. The average Bonchev–Trinajstić information content (AvgIpc) is 2.87. The molecule has 0 saturated heterocycles. The van der Waals surface area contributed by atoms with Crippen molar-refractivity contribution in [3.8, 4) is 0 Å². The Bertz CT molecular complexity index is 902. The lowest BCUT2D eigenvalue weighted by Gasteiger charge is -2.27. The maximum absolute atomic E-state index is 13.0. The zero-order valence-electron chi connectivity index (χ0n) is 14.6. The van der Waals surface area contributed by atoms with Crippen LogP contribution in [0.4, 0.5) is 9.18 Å². The maximum Gasteiger partial charge on any atom is 0.407 e. The SMILES string of the molecule is CC(C)(C)CN(Cc1cc(Br)n(S(=O)(=O)c2ccc(F)cc2)c1)C(=O)O. The number of hydrogen-bond donors (Lipinski definition) is 1. The van der Waals surface area contributed by atoms with Crippen LogP contribution in [0.5, 0.6) is 0 Å². The molecule has 0 fully saturated rings. The van der Waals surface area contributed by atoms with Crippen molar-refractivity contribution in [2.24, 2.45) is 5.41 Å². The van der Waals surface area contributed by atoms with Crippen LogP contribution in [0.1, 0.15) is 26.3 Å². The first-order valence-electron chi connectivity index (χ1n) is 7.76. The molecule has 0 bridgehead atoms. The molecule has 9 heteroatoms. The summed E-state index contributed by atoms with van der Waals surface area (Å²) in [5.74, 6) is -0.532. The first-order valence-corrected chi connectivity index (χ1v) is 9.99. The van der Waals surface area contributed by atoms with Crippen LogP contribution in [0.2, 0.25) is 0 Å². The second-order valence-electron chi connectivity index (χ2n) is 7.13. The van der Waals surface area contributed by atoms with Crippen LogP contribution in [0.15, 0.2) is 46.0 Å². The number of benzene rings is 1. The van der Waals surface area contributed by atoms with Crippen molar-refractivity contribution in [2.45, 2.75) is 32.2 Å². The van der Waals surface area contributed by atoms with Gasteiger partial charge >= 0.3 is 6.09 Å². The molecule has 0 aliphatic carbocycles. The molecular weight excluding hydrogens is 427 g/mol. The summed E-state index contributed by atoms with van der Waals surface area (Å²) in [6.45, 7) is 6.11. The first-order chi connectivity index (χ1) is 11.9. The van der Waals surface area contributed by atoms with Crippen molar-refractivity contribution >= 4 is 32.0 Å². The van der Waals surface area contributed by atoms with Gasteiger partial charge in [0.05, 0.1) is 11.4 Å². The average molecular weight is 447 g/mol. The highest BCUT2D eigenvalue weighted by Gasteiger charge is 2.24. The minimum Gasteiger partial charge on any atom is -0.465 e. The van der Waals surface area contributed by atoms with E-state index < -0.39 is 21.9 Å². The van der Waals surface area contributed by atoms with Gasteiger partial charge in [0.1, 0.15) is 10.4 Å². The van der Waals surface area contributed by atoms with E-state index in [0.717, 1.165) is 16.1 Å². The predicted octanol–water partition coefficient (Wildman–Crippen LogP) is 4.15. The van der Waals surface area contributed by atoms with E-state index in [1.54, 1.807) is 6.07 Å².